The normalized spacial score (nSPS) is 14.0. The molecule has 1 aromatic heterocycles. The van der Waals surface area contributed by atoms with Crippen molar-refractivity contribution in [3.63, 3.8) is 0 Å². The molecule has 33 heavy (non-hydrogen) atoms. The van der Waals surface area contributed by atoms with Crippen LogP contribution in [0.5, 0.6) is 0 Å². The minimum atomic E-state index is -0.595. The Bertz CT molecular complexity index is 1350. The SMILES string of the molecule is COCC(C)NC(=O)Cn1c(=CC(=O)C(C)(C)C)sc(=Cc2ccc3ccccc3c2)c1=O. The van der Waals surface area contributed by atoms with Gasteiger partial charge in [-0.15, -0.1) is 11.3 Å². The summed E-state index contributed by atoms with van der Waals surface area (Å²) in [5.74, 6) is -0.419. The highest BCUT2D eigenvalue weighted by Gasteiger charge is 2.20. The van der Waals surface area contributed by atoms with E-state index in [1.807, 2.05) is 70.2 Å². The summed E-state index contributed by atoms with van der Waals surface area (Å²) in [5, 5.41) is 5.01. The maximum atomic E-state index is 13.2. The molecule has 7 heteroatoms. The Morgan fingerprint density at radius 1 is 1.15 bits per heavy atom. The van der Waals surface area contributed by atoms with Gasteiger partial charge >= 0.3 is 0 Å². The fourth-order valence-electron chi connectivity index (χ4n) is 3.33. The number of nitrogens with zero attached hydrogens (tertiary/aromatic N) is 1. The van der Waals surface area contributed by atoms with Gasteiger partial charge in [0.2, 0.25) is 5.91 Å². The minimum Gasteiger partial charge on any atom is -0.383 e. The third-order valence-electron chi connectivity index (χ3n) is 5.13. The number of ketones is 1. The predicted octanol–water partition coefficient (Wildman–Crippen LogP) is 2.44. The van der Waals surface area contributed by atoms with E-state index < -0.39 is 5.41 Å². The number of thiazole rings is 1. The number of ether oxygens (including phenoxy) is 1. The van der Waals surface area contributed by atoms with Crippen LogP contribution in [0.2, 0.25) is 0 Å². The molecule has 1 N–H and O–H groups in total. The second-order valence-electron chi connectivity index (χ2n) is 9.13. The Morgan fingerprint density at radius 2 is 1.85 bits per heavy atom. The van der Waals surface area contributed by atoms with Crippen molar-refractivity contribution < 1.29 is 14.3 Å². The zero-order valence-electron chi connectivity index (χ0n) is 19.7. The smallest absolute Gasteiger partial charge is 0.269 e. The van der Waals surface area contributed by atoms with Crippen molar-refractivity contribution in [1.82, 2.24) is 9.88 Å². The molecule has 1 atom stereocenters. The van der Waals surface area contributed by atoms with E-state index in [0.29, 0.717) is 15.8 Å². The summed E-state index contributed by atoms with van der Waals surface area (Å²) in [7, 11) is 1.56. The van der Waals surface area contributed by atoms with E-state index in [-0.39, 0.29) is 29.8 Å². The molecule has 1 amide bonds. The molecule has 0 aliphatic heterocycles. The van der Waals surface area contributed by atoms with Crippen LogP contribution in [0.3, 0.4) is 0 Å². The van der Waals surface area contributed by atoms with Crippen LogP contribution >= 0.6 is 11.3 Å². The molecule has 6 nitrogen and oxygen atoms in total. The number of carbonyl (C=O) groups excluding carboxylic acids is 2. The number of fused-ring (bicyclic) bond motifs is 1. The molecule has 0 saturated carbocycles. The summed E-state index contributed by atoms with van der Waals surface area (Å²) < 4.78 is 7.36. The number of carbonyl (C=O) groups is 2. The van der Waals surface area contributed by atoms with Crippen LogP contribution < -0.4 is 20.1 Å². The lowest BCUT2D eigenvalue weighted by atomic mass is 9.91. The lowest BCUT2D eigenvalue weighted by Gasteiger charge is -2.14. The highest BCUT2D eigenvalue weighted by molar-refractivity contribution is 7.07. The largest absolute Gasteiger partial charge is 0.383 e. The van der Waals surface area contributed by atoms with Gasteiger partial charge in [-0.05, 0) is 35.4 Å². The van der Waals surface area contributed by atoms with E-state index in [4.69, 9.17) is 4.74 Å². The molecular weight excluding hydrogens is 436 g/mol. The average molecular weight is 467 g/mol. The molecular formula is C26H30N2O4S. The second kappa shape index (κ2) is 10.3. The van der Waals surface area contributed by atoms with Gasteiger partial charge in [-0.25, -0.2) is 0 Å². The maximum Gasteiger partial charge on any atom is 0.269 e. The Kier molecular flexibility index (Phi) is 7.66. The molecule has 3 aromatic rings. The van der Waals surface area contributed by atoms with Gasteiger partial charge in [-0.2, -0.15) is 0 Å². The van der Waals surface area contributed by atoms with E-state index >= 15 is 0 Å². The number of nitrogens with one attached hydrogen (secondary N) is 1. The minimum absolute atomic E-state index is 0.108. The van der Waals surface area contributed by atoms with Crippen LogP contribution in [0.15, 0.2) is 47.3 Å². The third kappa shape index (κ3) is 6.27. The second-order valence-corrected chi connectivity index (χ2v) is 10.2. The molecule has 2 aromatic carbocycles. The Labute approximate surface area is 197 Å². The van der Waals surface area contributed by atoms with Crippen molar-refractivity contribution in [3.8, 4) is 0 Å². The van der Waals surface area contributed by atoms with Crippen molar-refractivity contribution in [2.75, 3.05) is 13.7 Å². The van der Waals surface area contributed by atoms with Gasteiger partial charge in [-0.1, -0.05) is 57.2 Å². The van der Waals surface area contributed by atoms with Crippen molar-refractivity contribution in [1.29, 1.82) is 0 Å². The average Bonchev–Trinajstić information content (AvgIpc) is 3.01. The summed E-state index contributed by atoms with van der Waals surface area (Å²) >= 11 is 1.22. The number of Topliss-reactive ketones (excluding diaryl/α,β-unsaturated/α-hetero) is 1. The summed E-state index contributed by atoms with van der Waals surface area (Å²) in [4.78, 5) is 38.5. The topological polar surface area (TPSA) is 77.4 Å². The summed E-state index contributed by atoms with van der Waals surface area (Å²) in [6.07, 6.45) is 3.27. The van der Waals surface area contributed by atoms with E-state index in [2.05, 4.69) is 5.32 Å². The van der Waals surface area contributed by atoms with Gasteiger partial charge in [0.25, 0.3) is 5.56 Å². The lowest BCUT2D eigenvalue weighted by molar-refractivity contribution is -0.123. The molecule has 0 aliphatic carbocycles. The van der Waals surface area contributed by atoms with Gasteiger partial charge in [0.1, 0.15) is 11.2 Å². The molecule has 0 aliphatic rings. The number of benzene rings is 2. The van der Waals surface area contributed by atoms with Crippen LogP contribution in [-0.2, 0) is 20.9 Å². The first-order valence-corrected chi connectivity index (χ1v) is 11.6. The number of methoxy groups -OCH3 is 1. The Hall–Kier alpha value is -3.03. The summed E-state index contributed by atoms with van der Waals surface area (Å²) in [5.41, 5.74) is -0.00998. The summed E-state index contributed by atoms with van der Waals surface area (Å²) in [6, 6.07) is 13.8. The van der Waals surface area contributed by atoms with E-state index in [1.54, 1.807) is 13.2 Å². The molecule has 3 rings (SSSR count). The number of aromatic nitrogens is 1. The molecule has 0 saturated heterocycles. The van der Waals surface area contributed by atoms with E-state index in [0.717, 1.165) is 16.3 Å². The lowest BCUT2D eigenvalue weighted by Crippen LogP contribution is -2.42. The van der Waals surface area contributed by atoms with Crippen molar-refractivity contribution in [3.05, 3.63) is 67.6 Å². The van der Waals surface area contributed by atoms with E-state index in [9.17, 15) is 14.4 Å². The van der Waals surface area contributed by atoms with Gasteiger partial charge in [0.15, 0.2) is 5.78 Å². The van der Waals surface area contributed by atoms with Crippen LogP contribution in [-0.4, -0.2) is 36.0 Å². The number of amides is 1. The highest BCUT2D eigenvalue weighted by atomic mass is 32.1. The fraction of sp³-hybridized carbons (Fsp3) is 0.346. The fourth-order valence-corrected chi connectivity index (χ4v) is 4.37. The Morgan fingerprint density at radius 3 is 2.52 bits per heavy atom. The molecule has 0 bridgehead atoms. The van der Waals surface area contributed by atoms with Crippen LogP contribution in [0, 0.1) is 5.41 Å². The quantitative estimate of drug-likeness (QED) is 0.580. The highest BCUT2D eigenvalue weighted by Crippen LogP contribution is 2.16. The number of hydrogen-bond acceptors (Lipinski definition) is 5. The standard InChI is InChI=1S/C26H30N2O4S/c1-17(16-32-5)27-23(30)15-28-24(14-22(29)26(2,3)4)33-21(25(28)31)13-18-10-11-19-8-6-7-9-20(19)12-18/h6-14,17H,15-16H2,1-5H3,(H,27,30). The predicted molar refractivity (Wildman–Crippen MR) is 134 cm³/mol. The molecule has 174 valence electrons. The van der Waals surface area contributed by atoms with Gasteiger partial charge < -0.3 is 10.1 Å². The first-order chi connectivity index (χ1) is 15.6. The number of hydrogen-bond donors (Lipinski definition) is 1. The molecule has 1 unspecified atom stereocenters. The van der Waals surface area contributed by atoms with Crippen molar-refractivity contribution in [2.24, 2.45) is 5.41 Å². The zero-order valence-corrected chi connectivity index (χ0v) is 20.5. The van der Waals surface area contributed by atoms with Crippen molar-refractivity contribution in [2.45, 2.75) is 40.3 Å². The zero-order chi connectivity index (χ0) is 24.2. The maximum absolute atomic E-state index is 13.2. The molecule has 0 spiro atoms. The van der Waals surface area contributed by atoms with Gasteiger partial charge in [0.05, 0.1) is 11.1 Å². The molecule has 0 radical (unpaired) electrons. The van der Waals surface area contributed by atoms with Crippen LogP contribution in [0.1, 0.15) is 33.3 Å². The van der Waals surface area contributed by atoms with Crippen LogP contribution in [0.4, 0.5) is 0 Å². The first kappa shape index (κ1) is 24.6. The van der Waals surface area contributed by atoms with Crippen LogP contribution in [0.25, 0.3) is 22.9 Å². The number of rotatable bonds is 7. The monoisotopic (exact) mass is 466 g/mol. The Balaban J connectivity index is 2.08. The van der Waals surface area contributed by atoms with Crippen molar-refractivity contribution >= 4 is 46.0 Å². The molecule has 1 heterocycles. The first-order valence-electron chi connectivity index (χ1n) is 10.8. The van der Waals surface area contributed by atoms with Gasteiger partial charge in [-0.3, -0.25) is 19.0 Å². The third-order valence-corrected chi connectivity index (χ3v) is 6.19. The molecule has 0 fully saturated rings. The van der Waals surface area contributed by atoms with E-state index in [1.165, 1.54) is 22.0 Å². The summed E-state index contributed by atoms with van der Waals surface area (Å²) in [6.45, 7) is 7.49. The van der Waals surface area contributed by atoms with Gasteiger partial charge in [0, 0.05) is 24.6 Å².